The fourth-order valence-corrected chi connectivity index (χ4v) is 9.36. The van der Waals surface area contributed by atoms with Crippen molar-refractivity contribution in [3.63, 3.8) is 0 Å². The van der Waals surface area contributed by atoms with Crippen LogP contribution in [0.4, 0.5) is 5.13 Å². The number of benzene rings is 6. The monoisotopic (exact) mass is 1660 g/mol. The maximum atomic E-state index is 10.4. The number of anilines is 1. The molecule has 34 heteroatoms. The van der Waals surface area contributed by atoms with Crippen molar-refractivity contribution in [3.05, 3.63) is 213 Å². The van der Waals surface area contributed by atoms with E-state index < -0.39 is 0 Å². The van der Waals surface area contributed by atoms with Crippen molar-refractivity contribution in [1.82, 2.24) is 62.3 Å². The van der Waals surface area contributed by atoms with Gasteiger partial charge in [-0.3, -0.25) is 9.59 Å². The molecule has 0 fully saturated rings. The van der Waals surface area contributed by atoms with E-state index in [9.17, 15) is 4.79 Å². The van der Waals surface area contributed by atoms with E-state index in [1.807, 2.05) is 182 Å². The van der Waals surface area contributed by atoms with Crippen molar-refractivity contribution < 1.29 is 69.6 Å². The number of carbonyl (C=O) groups excluding carboxylic acids is 1. The number of nitriles is 1. The SMILES string of the molecule is Brc1nc(-c2ccccc2)ns1.C.CC#N.N.NCc1nc(-c2ccccc2)ns1.NCc1nc(-c2ccccc2)ns1.Nc1nc(-c2ccccc2)ns1.O/N=C\c1nc(-c2ccccc2)ns1.O=CO.O=Cc1nc(-c2ccccc2)ns1.[Br][Cu][Br].[CH2-]CCC.[Li+].[Zn]. The Morgan fingerprint density at radius 2 is 0.798 bits per heavy atom. The molecule has 0 saturated carbocycles. The molecule has 489 valence electrons. The van der Waals surface area contributed by atoms with Crippen molar-refractivity contribution in [1.29, 1.82) is 5.26 Å². The first-order valence-electron chi connectivity index (χ1n) is 25.7. The molecule has 0 aliphatic rings. The first kappa shape index (κ1) is 89.7. The van der Waals surface area contributed by atoms with Crippen LogP contribution in [0.5, 0.6) is 0 Å². The summed E-state index contributed by atoms with van der Waals surface area (Å²) in [6.07, 6.45) is 4.26. The van der Waals surface area contributed by atoms with Crippen LogP contribution >= 0.6 is 113 Å². The summed E-state index contributed by atoms with van der Waals surface area (Å²) in [5.74, 6) is 4.31. The van der Waals surface area contributed by atoms with Gasteiger partial charge in [0.05, 0.1) is 6.07 Å². The summed E-state index contributed by atoms with van der Waals surface area (Å²) in [6.45, 7) is 7.83. The number of nitrogen functional groups attached to an aromatic ring is 1. The molecule has 0 bridgehead atoms. The van der Waals surface area contributed by atoms with Gasteiger partial charge in [-0.15, -0.1) is 0 Å². The number of aromatic nitrogens is 12. The van der Waals surface area contributed by atoms with Gasteiger partial charge < -0.3 is 40.6 Å². The van der Waals surface area contributed by atoms with Gasteiger partial charge in [-0.05, 0) is 73.6 Å². The van der Waals surface area contributed by atoms with E-state index in [1.54, 1.807) is 6.07 Å². The Balaban J connectivity index is 0. The van der Waals surface area contributed by atoms with E-state index in [0.29, 0.717) is 52.0 Å². The Morgan fingerprint density at radius 1 is 0.543 bits per heavy atom. The van der Waals surface area contributed by atoms with Gasteiger partial charge in [0.2, 0.25) is 0 Å². The standard InChI is InChI=1S/C9H7N3OS.2C9H9N3S.C9H6N2OS.C8H5BrN2S.C8H7N3S.C4H9.C2H3N.CH2O2.CH4.2BrH.Cu.Li.H3N.Zn/c13-10-6-8-11-9(12-14-8)7-4-2-1-3-5-7;2*10-6-8-11-9(12-13-8)7-4-2-1-3-5-7;12-6-8-10-9(11-13-8)7-4-2-1-3-5-7;2*9-8-10-7(11-12-8)6-4-2-1-3-5-6;1-3-4-2;1-2-3;2-1-3;;;;;;;/h1-6,13H;2*1-5H,6,10H2;1-6H;1-5H;1-5H,(H2,9,10,11);1,3-4H2,2H3;1H3;1H,(H,2,3);1H4;2*1H;;;1H3;/q;;;;;;-1;;;;;;+2;+1;;/p-2/b10-6-;;;;;;;;;;;;;;;. The Kier molecular flexibility index (Phi) is 54.3. The second kappa shape index (κ2) is 56.9. The number of carbonyl (C=O) groups is 2. The topological polar surface area (TPSA) is 378 Å². The zero-order chi connectivity index (χ0) is 65.4. The molecule has 0 unspecified atom stereocenters. The predicted octanol–water partition coefficient (Wildman–Crippen LogP) is 13.5. The second-order valence-corrected chi connectivity index (χ2v) is 26.8. The Labute approximate surface area is 624 Å². The van der Waals surface area contributed by atoms with Crippen LogP contribution in [0, 0.1) is 18.3 Å². The normalized spacial score (nSPS) is 9.14. The summed E-state index contributed by atoms with van der Waals surface area (Å²) in [4.78, 5) is 43.8. The van der Waals surface area contributed by atoms with Gasteiger partial charge in [0.15, 0.2) is 60.3 Å². The molecule has 94 heavy (non-hydrogen) atoms. The van der Waals surface area contributed by atoms with Gasteiger partial charge in [-0.25, -0.2) is 24.9 Å². The maximum absolute atomic E-state index is 10.4. The summed E-state index contributed by atoms with van der Waals surface area (Å²) < 4.78 is 25.7. The Bertz CT molecular complexity index is 3700. The molecule has 0 atom stereocenters. The average Bonchev–Trinajstić information content (AvgIpc) is 2.76. The van der Waals surface area contributed by atoms with Crippen LogP contribution in [0.1, 0.15) is 58.9 Å². The third-order valence-electron chi connectivity index (χ3n) is 9.83. The minimum absolute atomic E-state index is 0. The second-order valence-electron chi connectivity index (χ2n) is 16.0. The Hall–Kier alpha value is -6.36. The Morgan fingerprint density at radius 3 is 1.03 bits per heavy atom. The van der Waals surface area contributed by atoms with Gasteiger partial charge >= 0.3 is 58.4 Å². The number of hydrogen-bond donors (Lipinski definition) is 6. The van der Waals surface area contributed by atoms with E-state index >= 15 is 0 Å². The van der Waals surface area contributed by atoms with Crippen LogP contribution in [-0.4, -0.2) is 85.4 Å². The van der Waals surface area contributed by atoms with Crippen LogP contribution in [-0.2, 0) is 48.7 Å². The van der Waals surface area contributed by atoms with Crippen molar-refractivity contribution >= 4 is 137 Å². The molecule has 6 aromatic heterocycles. The zero-order valence-corrected chi connectivity index (χ0v) is 63.7. The van der Waals surface area contributed by atoms with Crippen LogP contribution in [0.3, 0.4) is 0 Å². The van der Waals surface area contributed by atoms with E-state index in [4.69, 9.17) is 37.6 Å². The fraction of sp³-hybridized carbons (Fsp3) is 0.117. The molecule has 0 aliphatic carbocycles. The third-order valence-corrected chi connectivity index (χ3v) is 14.2. The number of halogens is 3. The number of carboxylic acid groups (broad SMARTS) is 1. The number of hydrogen-bond acceptors (Lipinski definition) is 27. The molecule has 6 heterocycles. The summed E-state index contributed by atoms with van der Waals surface area (Å²) >= 11 is 18.3. The molecule has 0 aliphatic heterocycles. The average molecular weight is 1670 g/mol. The minimum Gasteiger partial charge on any atom is -0.343 e. The van der Waals surface area contributed by atoms with E-state index in [0.717, 1.165) is 82.7 Å². The smallest absolute Gasteiger partial charge is 0.343 e. The van der Waals surface area contributed by atoms with Gasteiger partial charge in [0, 0.05) is 84.4 Å². The predicted molar refractivity (Wildman–Crippen MR) is 385 cm³/mol. The van der Waals surface area contributed by atoms with Crippen LogP contribution in [0.2, 0.25) is 0 Å². The van der Waals surface area contributed by atoms with Crippen molar-refractivity contribution in [3.8, 4) is 74.4 Å². The van der Waals surface area contributed by atoms with Crippen LogP contribution in [0.25, 0.3) is 68.3 Å². The summed E-state index contributed by atoms with van der Waals surface area (Å²) in [5, 5.41) is 28.7. The molecular weight excluding hydrogens is 1600 g/mol. The van der Waals surface area contributed by atoms with Gasteiger partial charge in [-0.1, -0.05) is 208 Å². The van der Waals surface area contributed by atoms with E-state index in [-0.39, 0.29) is 58.4 Å². The molecule has 12 rings (SSSR count). The largest absolute Gasteiger partial charge is 1.00 e. The molecule has 0 amide bonds. The summed E-state index contributed by atoms with van der Waals surface area (Å²) in [7, 11) is 0. The molecule has 11 N–H and O–H groups in total. The molecule has 0 saturated heterocycles. The molecule has 6 aromatic carbocycles. The molecule has 12 aromatic rings. The fourth-order valence-electron chi connectivity index (χ4n) is 5.96. The first-order valence-corrected chi connectivity index (χ1v) is 35.8. The number of nitrogens with two attached hydrogens (primary N) is 3. The van der Waals surface area contributed by atoms with Crippen LogP contribution in [0.15, 0.2) is 191 Å². The molecule has 22 nitrogen and oxygen atoms in total. The van der Waals surface area contributed by atoms with E-state index in [2.05, 4.69) is 119 Å². The van der Waals surface area contributed by atoms with Crippen LogP contribution < -0.4 is 42.2 Å². The van der Waals surface area contributed by atoms with Crippen molar-refractivity contribution in [2.24, 2.45) is 16.6 Å². The van der Waals surface area contributed by atoms with Gasteiger partial charge in [0.1, 0.15) is 16.2 Å². The van der Waals surface area contributed by atoms with E-state index in [1.165, 1.54) is 88.6 Å². The minimum atomic E-state index is -0.250. The number of nitrogens with zero attached hydrogens (tertiary/aromatic N) is 14. The number of oxime groups is 1. The number of rotatable bonds is 11. The number of unbranched alkanes of at least 4 members (excludes halogenated alkanes) is 1. The van der Waals surface area contributed by atoms with Gasteiger partial charge in [0.25, 0.3) is 6.47 Å². The molecular formula is C60H64Br3CuLiN18O4S6Zn. The van der Waals surface area contributed by atoms with Crippen molar-refractivity contribution in [2.75, 3.05) is 5.73 Å². The maximum Gasteiger partial charge on any atom is 1.00 e. The molecule has 0 spiro atoms. The summed E-state index contributed by atoms with van der Waals surface area (Å²) in [5.41, 5.74) is 22.4. The van der Waals surface area contributed by atoms with Crippen molar-refractivity contribution in [2.45, 2.75) is 47.2 Å². The number of aldehydes is 1. The zero-order valence-electron chi connectivity index (χ0n) is 50.1. The first-order chi connectivity index (χ1) is 44.0. The summed E-state index contributed by atoms with van der Waals surface area (Å²) in [6, 6.07) is 60.5. The molecule has 0 radical (unpaired) electrons. The quantitative estimate of drug-likeness (QED) is 0.0175. The third kappa shape index (κ3) is 36.5. The van der Waals surface area contributed by atoms with Gasteiger partial charge in [-0.2, -0.15) is 42.9 Å².